The molecular formula is C13H9BrClN3O3. The van der Waals surface area contributed by atoms with Crippen molar-refractivity contribution in [2.75, 3.05) is 0 Å². The van der Waals surface area contributed by atoms with Gasteiger partial charge in [-0.25, -0.2) is 0 Å². The van der Waals surface area contributed by atoms with E-state index in [1.54, 1.807) is 18.2 Å². The highest BCUT2D eigenvalue weighted by atomic mass is 79.9. The first-order valence-electron chi connectivity index (χ1n) is 5.65. The minimum Gasteiger partial charge on any atom is -0.448 e. The van der Waals surface area contributed by atoms with E-state index >= 15 is 0 Å². The Balaban J connectivity index is 2.53. The highest BCUT2D eigenvalue weighted by Crippen LogP contribution is 2.39. The maximum absolute atomic E-state index is 11.0. The summed E-state index contributed by atoms with van der Waals surface area (Å²) in [5, 5.41) is 18.7. The molecule has 0 saturated carbocycles. The maximum atomic E-state index is 11.0. The molecule has 2 aromatic carbocycles. The molecule has 108 valence electrons. The molecule has 0 saturated heterocycles. The van der Waals surface area contributed by atoms with Crippen LogP contribution in [0.5, 0.6) is 11.5 Å². The van der Waals surface area contributed by atoms with E-state index in [1.165, 1.54) is 18.2 Å². The Morgan fingerprint density at radius 2 is 2.10 bits per heavy atom. The first kappa shape index (κ1) is 15.3. The third-order valence-corrected chi connectivity index (χ3v) is 3.38. The summed E-state index contributed by atoms with van der Waals surface area (Å²) in [5.41, 5.74) is 5.53. The quantitative estimate of drug-likeness (QED) is 0.366. The number of ether oxygens (including phenoxy) is 1. The lowest BCUT2D eigenvalue weighted by atomic mass is 10.2. The Kier molecular flexibility index (Phi) is 4.44. The van der Waals surface area contributed by atoms with Crippen LogP contribution in [-0.2, 0) is 0 Å². The van der Waals surface area contributed by atoms with Gasteiger partial charge in [0.25, 0.3) is 0 Å². The smallest absolute Gasteiger partial charge is 0.313 e. The molecule has 21 heavy (non-hydrogen) atoms. The monoisotopic (exact) mass is 369 g/mol. The second kappa shape index (κ2) is 6.11. The molecule has 0 unspecified atom stereocenters. The van der Waals surface area contributed by atoms with Crippen molar-refractivity contribution in [3.63, 3.8) is 0 Å². The predicted molar refractivity (Wildman–Crippen MR) is 83.3 cm³/mol. The zero-order chi connectivity index (χ0) is 15.6. The number of nitro groups is 1. The number of benzene rings is 2. The number of rotatable bonds is 4. The summed E-state index contributed by atoms with van der Waals surface area (Å²) in [6.45, 7) is 0. The van der Waals surface area contributed by atoms with E-state index in [0.29, 0.717) is 10.0 Å². The van der Waals surface area contributed by atoms with E-state index in [4.69, 9.17) is 27.5 Å². The van der Waals surface area contributed by atoms with E-state index in [2.05, 4.69) is 15.9 Å². The number of nitrogens with zero attached hydrogens (tertiary/aromatic N) is 1. The van der Waals surface area contributed by atoms with Gasteiger partial charge in [-0.2, -0.15) is 0 Å². The summed E-state index contributed by atoms with van der Waals surface area (Å²) >= 11 is 9.22. The summed E-state index contributed by atoms with van der Waals surface area (Å²) in [5.74, 6) is -0.100. The molecule has 0 heterocycles. The normalized spacial score (nSPS) is 10.2. The summed E-state index contributed by atoms with van der Waals surface area (Å²) in [6, 6.07) is 9.03. The van der Waals surface area contributed by atoms with Crippen molar-refractivity contribution in [3.05, 3.63) is 61.6 Å². The lowest BCUT2D eigenvalue weighted by Gasteiger charge is -2.12. The molecule has 2 rings (SSSR count). The summed E-state index contributed by atoms with van der Waals surface area (Å²) in [6.07, 6.45) is 0. The fourth-order valence-corrected chi connectivity index (χ4v) is 2.22. The number of hydrogen-bond donors (Lipinski definition) is 2. The second-order valence-corrected chi connectivity index (χ2v) is 5.32. The molecule has 0 aliphatic heterocycles. The van der Waals surface area contributed by atoms with E-state index in [-0.39, 0.29) is 28.0 Å². The summed E-state index contributed by atoms with van der Waals surface area (Å²) in [4.78, 5) is 10.4. The minimum atomic E-state index is -0.590. The third-order valence-electron chi connectivity index (χ3n) is 2.59. The zero-order valence-electron chi connectivity index (χ0n) is 10.5. The summed E-state index contributed by atoms with van der Waals surface area (Å²) in [7, 11) is 0. The molecule has 0 aliphatic rings. The fourth-order valence-electron chi connectivity index (χ4n) is 1.65. The van der Waals surface area contributed by atoms with Crippen LogP contribution >= 0.6 is 27.5 Å². The van der Waals surface area contributed by atoms with Gasteiger partial charge >= 0.3 is 5.69 Å². The van der Waals surface area contributed by atoms with Crippen LogP contribution in [0.1, 0.15) is 5.56 Å². The first-order chi connectivity index (χ1) is 9.90. The van der Waals surface area contributed by atoms with E-state index in [0.717, 1.165) is 0 Å². The number of amidine groups is 1. The Morgan fingerprint density at radius 3 is 2.71 bits per heavy atom. The number of hydrogen-bond acceptors (Lipinski definition) is 4. The van der Waals surface area contributed by atoms with E-state index in [9.17, 15) is 10.1 Å². The Morgan fingerprint density at radius 1 is 1.38 bits per heavy atom. The topological polar surface area (TPSA) is 102 Å². The van der Waals surface area contributed by atoms with Crippen LogP contribution in [0, 0.1) is 15.5 Å². The van der Waals surface area contributed by atoms with E-state index in [1.807, 2.05) is 0 Å². The lowest BCUT2D eigenvalue weighted by molar-refractivity contribution is -0.385. The van der Waals surface area contributed by atoms with Crippen molar-refractivity contribution in [2.45, 2.75) is 0 Å². The molecule has 0 aromatic heterocycles. The van der Waals surface area contributed by atoms with Gasteiger partial charge in [0.2, 0.25) is 5.75 Å². The molecule has 0 radical (unpaired) electrons. The largest absolute Gasteiger partial charge is 0.448 e. The van der Waals surface area contributed by atoms with Crippen LogP contribution in [0.15, 0.2) is 40.9 Å². The number of nitrogens with one attached hydrogen (secondary N) is 1. The van der Waals surface area contributed by atoms with Gasteiger partial charge in [-0.1, -0.05) is 33.6 Å². The second-order valence-electron chi connectivity index (χ2n) is 4.00. The number of halogens is 2. The minimum absolute atomic E-state index is 0.0889. The molecule has 0 fully saturated rings. The molecule has 0 bridgehead atoms. The molecule has 0 amide bonds. The van der Waals surface area contributed by atoms with Crippen molar-refractivity contribution in [1.29, 1.82) is 5.41 Å². The van der Waals surface area contributed by atoms with Crippen molar-refractivity contribution < 1.29 is 9.66 Å². The van der Waals surface area contributed by atoms with Gasteiger partial charge in [0, 0.05) is 10.5 Å². The average Bonchev–Trinajstić information content (AvgIpc) is 2.42. The van der Waals surface area contributed by atoms with Crippen LogP contribution in [0.4, 0.5) is 5.69 Å². The van der Waals surface area contributed by atoms with Gasteiger partial charge in [-0.15, -0.1) is 0 Å². The van der Waals surface area contributed by atoms with Crippen LogP contribution in [-0.4, -0.2) is 10.8 Å². The SMILES string of the molecule is N=C(N)c1cc(Br)ccc1Oc1c(Cl)cccc1[N+](=O)[O-]. The van der Waals surface area contributed by atoms with Crippen LogP contribution in [0.3, 0.4) is 0 Å². The number of para-hydroxylation sites is 1. The molecular weight excluding hydrogens is 362 g/mol. The highest BCUT2D eigenvalue weighted by Gasteiger charge is 2.20. The van der Waals surface area contributed by atoms with Gasteiger partial charge in [0.05, 0.1) is 15.5 Å². The fraction of sp³-hybridized carbons (Fsp3) is 0. The predicted octanol–water partition coefficient (Wildman–Crippen LogP) is 4.09. The molecule has 2 aromatic rings. The number of nitrogen functional groups attached to an aromatic ring is 1. The van der Waals surface area contributed by atoms with Crippen molar-refractivity contribution in [2.24, 2.45) is 5.73 Å². The lowest BCUT2D eigenvalue weighted by Crippen LogP contribution is -2.12. The standard InChI is InChI=1S/C13H9BrClN3O3/c14-7-4-5-11(8(6-7)13(16)17)21-12-9(15)2-1-3-10(12)18(19)20/h1-6H,(H3,16,17). The average molecular weight is 371 g/mol. The van der Waals surface area contributed by atoms with Gasteiger partial charge < -0.3 is 10.5 Å². The third kappa shape index (κ3) is 3.32. The molecule has 0 aliphatic carbocycles. The van der Waals surface area contributed by atoms with Gasteiger partial charge in [-0.3, -0.25) is 15.5 Å². The molecule has 0 spiro atoms. The number of nitro benzene ring substituents is 1. The van der Waals surface area contributed by atoms with Crippen molar-refractivity contribution >= 4 is 39.1 Å². The summed E-state index contributed by atoms with van der Waals surface area (Å²) < 4.78 is 6.24. The van der Waals surface area contributed by atoms with Crippen LogP contribution in [0.25, 0.3) is 0 Å². The Bertz CT molecular complexity index is 737. The highest BCUT2D eigenvalue weighted by molar-refractivity contribution is 9.10. The first-order valence-corrected chi connectivity index (χ1v) is 6.82. The maximum Gasteiger partial charge on any atom is 0.313 e. The number of nitrogens with two attached hydrogens (primary N) is 1. The van der Waals surface area contributed by atoms with Crippen molar-refractivity contribution in [3.8, 4) is 11.5 Å². The van der Waals surface area contributed by atoms with Gasteiger partial charge in [-0.05, 0) is 24.3 Å². The van der Waals surface area contributed by atoms with Crippen LogP contribution in [0.2, 0.25) is 5.02 Å². The zero-order valence-corrected chi connectivity index (χ0v) is 12.8. The molecule has 6 nitrogen and oxygen atoms in total. The molecule has 3 N–H and O–H groups in total. The Hall–Kier alpha value is -2.12. The van der Waals surface area contributed by atoms with E-state index < -0.39 is 4.92 Å². The molecule has 8 heteroatoms. The van der Waals surface area contributed by atoms with Crippen molar-refractivity contribution in [1.82, 2.24) is 0 Å². The Labute approximate surface area is 133 Å². The van der Waals surface area contributed by atoms with Gasteiger partial charge in [0.1, 0.15) is 11.6 Å². The van der Waals surface area contributed by atoms with Crippen LogP contribution < -0.4 is 10.5 Å². The molecule has 0 atom stereocenters. The van der Waals surface area contributed by atoms with Gasteiger partial charge in [0.15, 0.2) is 0 Å².